The molecular formula is C29H30Cl2N4O5. The zero-order chi connectivity index (χ0) is 28.9. The van der Waals surface area contributed by atoms with Crippen LogP contribution >= 0.6 is 23.2 Å². The van der Waals surface area contributed by atoms with E-state index in [-0.39, 0.29) is 23.8 Å². The maximum atomic E-state index is 12.7. The minimum absolute atomic E-state index is 0.0855. The molecule has 0 radical (unpaired) electrons. The number of rotatable bonds is 6. The van der Waals surface area contributed by atoms with Crippen LogP contribution in [-0.4, -0.2) is 46.5 Å². The van der Waals surface area contributed by atoms with E-state index < -0.39 is 5.60 Å². The summed E-state index contributed by atoms with van der Waals surface area (Å²) in [5.41, 5.74) is 0.943. The van der Waals surface area contributed by atoms with Crippen molar-refractivity contribution in [2.45, 2.75) is 39.2 Å². The van der Waals surface area contributed by atoms with Gasteiger partial charge in [0.1, 0.15) is 11.4 Å². The molecule has 0 unspecified atom stereocenters. The van der Waals surface area contributed by atoms with Gasteiger partial charge in [-0.3, -0.25) is 9.59 Å². The zero-order valence-electron chi connectivity index (χ0n) is 22.4. The highest BCUT2D eigenvalue weighted by molar-refractivity contribution is 6.42. The third kappa shape index (κ3) is 8.09. The summed E-state index contributed by atoms with van der Waals surface area (Å²) >= 11 is 11.9. The van der Waals surface area contributed by atoms with E-state index in [1.807, 2.05) is 20.8 Å². The molecule has 0 aliphatic carbocycles. The van der Waals surface area contributed by atoms with Gasteiger partial charge in [0.25, 0.3) is 5.91 Å². The monoisotopic (exact) mass is 584 g/mol. The van der Waals surface area contributed by atoms with Crippen LogP contribution in [0.15, 0.2) is 60.8 Å². The number of carbonyl (C=O) groups excluding carboxylic acids is 3. The summed E-state index contributed by atoms with van der Waals surface area (Å²) < 4.78 is 11.2. The van der Waals surface area contributed by atoms with E-state index in [2.05, 4.69) is 15.6 Å². The average Bonchev–Trinajstić information content (AvgIpc) is 2.91. The molecule has 0 atom stereocenters. The Labute approximate surface area is 242 Å². The third-order valence-corrected chi connectivity index (χ3v) is 6.78. The topological polar surface area (TPSA) is 110 Å². The van der Waals surface area contributed by atoms with Gasteiger partial charge < -0.3 is 25.0 Å². The Morgan fingerprint density at radius 3 is 2.17 bits per heavy atom. The van der Waals surface area contributed by atoms with E-state index in [0.717, 1.165) is 0 Å². The van der Waals surface area contributed by atoms with Crippen molar-refractivity contribution in [1.82, 2.24) is 9.88 Å². The Balaban J connectivity index is 1.25. The molecule has 1 saturated heterocycles. The molecule has 3 amide bonds. The van der Waals surface area contributed by atoms with Gasteiger partial charge in [-0.1, -0.05) is 23.2 Å². The number of ether oxygens (including phenoxy) is 2. The lowest BCUT2D eigenvalue weighted by Gasteiger charge is -2.32. The number of hydrogen-bond donors (Lipinski definition) is 2. The number of amides is 3. The number of carbonyl (C=O) groups is 3. The van der Waals surface area contributed by atoms with E-state index in [1.54, 1.807) is 53.4 Å². The van der Waals surface area contributed by atoms with Gasteiger partial charge in [0.05, 0.1) is 21.9 Å². The fourth-order valence-electron chi connectivity index (χ4n) is 3.98. The van der Waals surface area contributed by atoms with Crippen molar-refractivity contribution in [2.24, 2.45) is 5.92 Å². The summed E-state index contributed by atoms with van der Waals surface area (Å²) in [6.07, 6.45) is 2.27. The predicted octanol–water partition coefficient (Wildman–Crippen LogP) is 7.02. The number of nitrogens with one attached hydrogen (secondary N) is 2. The van der Waals surface area contributed by atoms with E-state index in [9.17, 15) is 14.4 Å². The Bertz CT molecular complexity index is 1370. The number of aromatic nitrogens is 1. The molecule has 4 rings (SSSR count). The van der Waals surface area contributed by atoms with Gasteiger partial charge in [0.2, 0.25) is 11.8 Å². The van der Waals surface area contributed by atoms with Crippen molar-refractivity contribution in [3.8, 4) is 11.6 Å². The van der Waals surface area contributed by atoms with Gasteiger partial charge in [-0.25, -0.2) is 9.78 Å². The Kier molecular flexibility index (Phi) is 9.17. The number of pyridine rings is 1. The van der Waals surface area contributed by atoms with Gasteiger partial charge >= 0.3 is 6.09 Å². The molecule has 1 fully saturated rings. The van der Waals surface area contributed by atoms with E-state index >= 15 is 0 Å². The molecule has 210 valence electrons. The van der Waals surface area contributed by atoms with Gasteiger partial charge in [-0.05, 0) is 82.1 Å². The normalized spacial score (nSPS) is 13.9. The van der Waals surface area contributed by atoms with Crippen molar-refractivity contribution in [1.29, 1.82) is 0 Å². The molecule has 11 heteroatoms. The first-order chi connectivity index (χ1) is 19.0. The highest BCUT2D eigenvalue weighted by Crippen LogP contribution is 2.26. The van der Waals surface area contributed by atoms with Crippen LogP contribution in [-0.2, 0) is 9.53 Å². The highest BCUT2D eigenvalue weighted by Gasteiger charge is 2.30. The van der Waals surface area contributed by atoms with E-state index in [1.165, 1.54) is 12.3 Å². The number of benzene rings is 2. The minimum Gasteiger partial charge on any atom is -0.444 e. The van der Waals surface area contributed by atoms with Crippen molar-refractivity contribution < 1.29 is 23.9 Å². The van der Waals surface area contributed by atoms with Crippen LogP contribution in [0.25, 0.3) is 0 Å². The molecule has 0 bridgehead atoms. The van der Waals surface area contributed by atoms with Crippen molar-refractivity contribution in [3.63, 3.8) is 0 Å². The summed E-state index contributed by atoms with van der Waals surface area (Å²) in [6, 6.07) is 14.9. The largest absolute Gasteiger partial charge is 0.444 e. The van der Waals surface area contributed by atoms with Crippen LogP contribution in [0.4, 0.5) is 16.2 Å². The molecule has 2 aromatic carbocycles. The van der Waals surface area contributed by atoms with Gasteiger partial charge in [-0.2, -0.15) is 0 Å². The number of hydrogen-bond acceptors (Lipinski definition) is 6. The van der Waals surface area contributed by atoms with E-state index in [0.29, 0.717) is 64.5 Å². The average molecular weight is 585 g/mol. The first-order valence-corrected chi connectivity index (χ1v) is 13.5. The highest BCUT2D eigenvalue weighted by atomic mass is 35.5. The first-order valence-electron chi connectivity index (χ1n) is 12.8. The van der Waals surface area contributed by atoms with Crippen LogP contribution in [0, 0.1) is 5.92 Å². The molecule has 3 aromatic rings. The number of anilines is 2. The first kappa shape index (κ1) is 29.2. The SMILES string of the molecule is CC(C)(C)OC(=O)N1CCC(C(=O)Nc2ccc(Oc3ccc(NC(=O)c4ccc(Cl)c(Cl)c4)cn3)cc2)CC1. The van der Waals surface area contributed by atoms with Crippen LogP contribution in [0.5, 0.6) is 11.6 Å². The third-order valence-electron chi connectivity index (χ3n) is 6.04. The second-order valence-corrected chi connectivity index (χ2v) is 11.1. The molecule has 40 heavy (non-hydrogen) atoms. The summed E-state index contributed by atoms with van der Waals surface area (Å²) in [7, 11) is 0. The van der Waals surface area contributed by atoms with E-state index in [4.69, 9.17) is 32.7 Å². The summed E-state index contributed by atoms with van der Waals surface area (Å²) in [5, 5.41) is 6.33. The smallest absolute Gasteiger partial charge is 0.410 e. The molecular weight excluding hydrogens is 555 g/mol. The number of piperidine rings is 1. The van der Waals surface area contributed by atoms with Crippen LogP contribution in [0.1, 0.15) is 44.0 Å². The van der Waals surface area contributed by atoms with Crippen LogP contribution < -0.4 is 15.4 Å². The van der Waals surface area contributed by atoms with Crippen LogP contribution in [0.2, 0.25) is 10.0 Å². The molecule has 2 N–H and O–H groups in total. The maximum Gasteiger partial charge on any atom is 0.410 e. The minimum atomic E-state index is -0.549. The Morgan fingerprint density at radius 1 is 0.900 bits per heavy atom. The van der Waals surface area contributed by atoms with Gasteiger partial charge in [0.15, 0.2) is 0 Å². The molecule has 9 nitrogen and oxygen atoms in total. The van der Waals surface area contributed by atoms with Gasteiger partial charge in [-0.15, -0.1) is 0 Å². The quantitative estimate of drug-likeness (QED) is 0.322. The summed E-state index contributed by atoms with van der Waals surface area (Å²) in [5.74, 6) is 0.247. The summed E-state index contributed by atoms with van der Waals surface area (Å²) in [4.78, 5) is 43.3. The lowest BCUT2D eigenvalue weighted by atomic mass is 9.96. The van der Waals surface area contributed by atoms with Crippen molar-refractivity contribution in [2.75, 3.05) is 23.7 Å². The molecule has 1 aliphatic heterocycles. The van der Waals surface area contributed by atoms with Crippen LogP contribution in [0.3, 0.4) is 0 Å². The predicted molar refractivity (Wildman–Crippen MR) is 154 cm³/mol. The maximum absolute atomic E-state index is 12.7. The standard InChI is InChI=1S/C29H30Cl2N4O5/c1-29(2,3)40-28(38)35-14-12-18(13-15-35)26(36)33-20-5-8-22(9-6-20)39-25-11-7-21(17-32-25)34-27(37)19-4-10-23(30)24(31)16-19/h4-11,16-18H,12-15H2,1-3H3,(H,33,36)(H,34,37). The molecule has 1 aromatic heterocycles. The zero-order valence-corrected chi connectivity index (χ0v) is 23.9. The second-order valence-electron chi connectivity index (χ2n) is 10.3. The molecule has 0 spiro atoms. The molecule has 0 saturated carbocycles. The van der Waals surface area contributed by atoms with Gasteiger partial charge in [0, 0.05) is 36.3 Å². The number of nitrogens with zero attached hydrogens (tertiary/aromatic N) is 2. The fourth-order valence-corrected chi connectivity index (χ4v) is 4.28. The number of halogens is 2. The Hall–Kier alpha value is -3.82. The second kappa shape index (κ2) is 12.6. The lowest BCUT2D eigenvalue weighted by molar-refractivity contribution is -0.121. The molecule has 1 aliphatic rings. The molecule has 2 heterocycles. The van der Waals surface area contributed by atoms with Crippen molar-refractivity contribution in [3.05, 3.63) is 76.4 Å². The number of likely N-dealkylation sites (tertiary alicyclic amines) is 1. The lowest BCUT2D eigenvalue weighted by Crippen LogP contribution is -2.43. The Morgan fingerprint density at radius 2 is 1.57 bits per heavy atom. The van der Waals surface area contributed by atoms with Crippen molar-refractivity contribution >= 4 is 52.5 Å². The fraction of sp³-hybridized carbons (Fsp3) is 0.310. The summed E-state index contributed by atoms with van der Waals surface area (Å²) in [6.45, 7) is 6.45.